The van der Waals surface area contributed by atoms with Crippen molar-refractivity contribution in [2.75, 3.05) is 23.3 Å². The molecule has 0 aliphatic carbocycles. The molecule has 2 aromatic carbocycles. The Kier molecular flexibility index (Phi) is 5.64. The monoisotopic (exact) mass is 454 g/mol. The Morgan fingerprint density at radius 3 is 2.62 bits per heavy atom. The van der Waals surface area contributed by atoms with E-state index in [1.807, 2.05) is 13.0 Å². The van der Waals surface area contributed by atoms with Crippen LogP contribution in [-0.2, 0) is 14.4 Å². The van der Waals surface area contributed by atoms with Gasteiger partial charge >= 0.3 is 0 Å². The number of carbonyl (C=O) groups is 4. The van der Waals surface area contributed by atoms with Gasteiger partial charge in [0.1, 0.15) is 12.2 Å². The zero-order valence-corrected chi connectivity index (χ0v) is 18.5. The summed E-state index contributed by atoms with van der Waals surface area (Å²) in [6.45, 7) is 3.12. The van der Waals surface area contributed by atoms with Crippen LogP contribution in [0.25, 0.3) is 0 Å². The van der Waals surface area contributed by atoms with Crippen LogP contribution < -0.4 is 15.5 Å². The van der Waals surface area contributed by atoms with Crippen molar-refractivity contribution in [3.05, 3.63) is 58.6 Å². The minimum atomic E-state index is -0.933. The molecule has 0 saturated carbocycles. The Balaban J connectivity index is 1.44. The summed E-state index contributed by atoms with van der Waals surface area (Å²) in [5.41, 5.74) is 1.42. The SMILES string of the molecule is Cc1ccc(NC(=O)CNC(=O)CN2C(=O)c3ccccc3N3C(=O)CCC23C)c(Cl)c1. The van der Waals surface area contributed by atoms with E-state index in [-0.39, 0.29) is 31.3 Å². The van der Waals surface area contributed by atoms with Crippen LogP contribution in [0.2, 0.25) is 5.02 Å². The van der Waals surface area contributed by atoms with Crippen molar-refractivity contribution in [1.29, 1.82) is 0 Å². The molecule has 2 heterocycles. The summed E-state index contributed by atoms with van der Waals surface area (Å²) in [4.78, 5) is 53.6. The molecule has 0 aromatic heterocycles. The Morgan fingerprint density at radius 1 is 1.12 bits per heavy atom. The highest BCUT2D eigenvalue weighted by Gasteiger charge is 2.53. The molecule has 32 heavy (non-hydrogen) atoms. The third kappa shape index (κ3) is 3.82. The third-order valence-electron chi connectivity index (χ3n) is 5.89. The van der Waals surface area contributed by atoms with Gasteiger partial charge in [0.05, 0.1) is 28.5 Å². The molecule has 0 bridgehead atoms. The zero-order valence-electron chi connectivity index (χ0n) is 17.8. The van der Waals surface area contributed by atoms with Crippen molar-refractivity contribution in [3.63, 3.8) is 0 Å². The molecule has 4 amide bonds. The van der Waals surface area contributed by atoms with Crippen molar-refractivity contribution in [3.8, 4) is 0 Å². The number of hydrogen-bond acceptors (Lipinski definition) is 4. The van der Waals surface area contributed by atoms with Crippen molar-refractivity contribution in [1.82, 2.24) is 10.2 Å². The van der Waals surface area contributed by atoms with Gasteiger partial charge in [-0.3, -0.25) is 24.1 Å². The van der Waals surface area contributed by atoms with Crippen LogP contribution in [0.15, 0.2) is 42.5 Å². The average molecular weight is 455 g/mol. The smallest absolute Gasteiger partial charge is 0.258 e. The summed E-state index contributed by atoms with van der Waals surface area (Å²) in [6, 6.07) is 12.1. The van der Waals surface area contributed by atoms with Crippen molar-refractivity contribution in [2.45, 2.75) is 32.4 Å². The number of aryl methyl sites for hydroxylation is 1. The van der Waals surface area contributed by atoms with Gasteiger partial charge in [-0.15, -0.1) is 0 Å². The predicted molar refractivity (Wildman–Crippen MR) is 120 cm³/mol. The molecule has 1 atom stereocenters. The first-order valence-electron chi connectivity index (χ1n) is 10.3. The third-order valence-corrected chi connectivity index (χ3v) is 6.20. The number of anilines is 2. The summed E-state index contributed by atoms with van der Waals surface area (Å²) >= 11 is 6.12. The van der Waals surface area contributed by atoms with Crippen molar-refractivity contribution >= 4 is 46.6 Å². The second kappa shape index (κ2) is 8.27. The van der Waals surface area contributed by atoms with Crippen molar-refractivity contribution in [2.24, 2.45) is 0 Å². The van der Waals surface area contributed by atoms with E-state index in [4.69, 9.17) is 11.6 Å². The van der Waals surface area contributed by atoms with Gasteiger partial charge in [0.25, 0.3) is 5.91 Å². The number of nitrogens with zero attached hydrogens (tertiary/aromatic N) is 2. The lowest BCUT2D eigenvalue weighted by Gasteiger charge is -2.48. The summed E-state index contributed by atoms with van der Waals surface area (Å²) in [6.07, 6.45) is 0.710. The van der Waals surface area contributed by atoms with Gasteiger partial charge in [-0.25, -0.2) is 0 Å². The maximum absolute atomic E-state index is 13.2. The lowest BCUT2D eigenvalue weighted by Crippen LogP contribution is -2.64. The molecule has 0 spiro atoms. The predicted octanol–water partition coefficient (Wildman–Crippen LogP) is 2.70. The molecule has 166 valence electrons. The number of para-hydroxylation sites is 1. The normalized spacial score (nSPS) is 19.5. The van der Waals surface area contributed by atoms with Crippen LogP contribution in [0, 0.1) is 6.92 Å². The second-order valence-corrected chi connectivity index (χ2v) is 8.57. The average Bonchev–Trinajstić information content (AvgIpc) is 3.07. The molecule has 8 nitrogen and oxygen atoms in total. The maximum Gasteiger partial charge on any atom is 0.258 e. The van der Waals surface area contributed by atoms with Crippen LogP contribution in [0.3, 0.4) is 0 Å². The molecule has 2 N–H and O–H groups in total. The lowest BCUT2D eigenvalue weighted by atomic mass is 9.98. The van der Waals surface area contributed by atoms with E-state index in [0.717, 1.165) is 5.56 Å². The minimum Gasteiger partial charge on any atom is -0.345 e. The highest BCUT2D eigenvalue weighted by atomic mass is 35.5. The number of amides is 4. The number of benzene rings is 2. The van der Waals surface area contributed by atoms with Crippen molar-refractivity contribution < 1.29 is 19.2 Å². The van der Waals surface area contributed by atoms with Gasteiger partial charge in [0.15, 0.2) is 0 Å². The number of rotatable bonds is 5. The molecule has 1 unspecified atom stereocenters. The fourth-order valence-corrected chi connectivity index (χ4v) is 4.52. The van der Waals surface area contributed by atoms with Gasteiger partial charge in [-0.1, -0.05) is 29.8 Å². The molecule has 2 aliphatic rings. The molecule has 9 heteroatoms. The second-order valence-electron chi connectivity index (χ2n) is 8.16. The highest BCUT2D eigenvalue weighted by Crippen LogP contribution is 2.43. The van der Waals surface area contributed by atoms with Crippen LogP contribution in [-0.4, -0.2) is 47.3 Å². The van der Waals surface area contributed by atoms with Gasteiger partial charge in [-0.05, 0) is 50.1 Å². The van der Waals surface area contributed by atoms with Gasteiger partial charge in [0, 0.05) is 6.42 Å². The largest absolute Gasteiger partial charge is 0.345 e. The maximum atomic E-state index is 13.2. The molecular weight excluding hydrogens is 432 g/mol. The minimum absolute atomic E-state index is 0.0905. The molecule has 0 radical (unpaired) electrons. The molecular formula is C23H23ClN4O4. The van der Waals surface area contributed by atoms with E-state index in [2.05, 4.69) is 10.6 Å². The zero-order chi connectivity index (χ0) is 23.0. The first-order chi connectivity index (χ1) is 15.2. The summed E-state index contributed by atoms with van der Waals surface area (Å²) in [5, 5.41) is 5.60. The van der Waals surface area contributed by atoms with Crippen LogP contribution in [0.1, 0.15) is 35.7 Å². The number of carbonyl (C=O) groups excluding carboxylic acids is 4. The van der Waals surface area contributed by atoms with Gasteiger partial charge in [0.2, 0.25) is 17.7 Å². The molecule has 1 saturated heterocycles. The highest BCUT2D eigenvalue weighted by molar-refractivity contribution is 6.33. The number of nitrogens with one attached hydrogen (secondary N) is 2. The lowest BCUT2D eigenvalue weighted by molar-refractivity contribution is -0.126. The first-order valence-corrected chi connectivity index (χ1v) is 10.7. The number of halogens is 1. The summed E-state index contributed by atoms with van der Waals surface area (Å²) in [7, 11) is 0. The van der Waals surface area contributed by atoms with Gasteiger partial charge < -0.3 is 15.5 Å². The van der Waals surface area contributed by atoms with Crippen LogP contribution in [0.5, 0.6) is 0 Å². The van der Waals surface area contributed by atoms with E-state index in [9.17, 15) is 19.2 Å². The van der Waals surface area contributed by atoms with E-state index in [1.54, 1.807) is 48.2 Å². The van der Waals surface area contributed by atoms with E-state index in [0.29, 0.717) is 28.4 Å². The molecule has 2 aliphatic heterocycles. The fourth-order valence-electron chi connectivity index (χ4n) is 4.24. The quantitative estimate of drug-likeness (QED) is 0.725. The van der Waals surface area contributed by atoms with Gasteiger partial charge in [-0.2, -0.15) is 0 Å². The Labute approximate surface area is 190 Å². The van der Waals surface area contributed by atoms with Crippen LogP contribution >= 0.6 is 11.6 Å². The number of fused-ring (bicyclic) bond motifs is 3. The molecule has 2 aromatic rings. The topological polar surface area (TPSA) is 98.8 Å². The fraction of sp³-hybridized carbons (Fsp3) is 0.304. The van der Waals surface area contributed by atoms with E-state index in [1.165, 1.54) is 4.90 Å². The van der Waals surface area contributed by atoms with Crippen LogP contribution in [0.4, 0.5) is 11.4 Å². The molecule has 4 rings (SSSR count). The standard InChI is InChI=1S/C23H23ClN4O4/c1-14-7-8-17(16(24)11-14)26-19(29)12-25-20(30)13-27-22(32)15-5-3-4-6-18(15)28-21(31)9-10-23(27,28)2/h3-8,11H,9-10,12-13H2,1-2H3,(H,25,30)(H,26,29). The Morgan fingerprint density at radius 2 is 1.88 bits per heavy atom. The molecule has 1 fully saturated rings. The summed E-state index contributed by atoms with van der Waals surface area (Å²) in [5.74, 6) is -1.35. The number of hydrogen-bond donors (Lipinski definition) is 2. The van der Waals surface area contributed by atoms with E-state index < -0.39 is 17.5 Å². The summed E-state index contributed by atoms with van der Waals surface area (Å²) < 4.78 is 0. The first kappa shape index (κ1) is 21.8. The Bertz CT molecular complexity index is 1130. The van der Waals surface area contributed by atoms with E-state index >= 15 is 0 Å². The Hall–Kier alpha value is -3.39.